The molecule has 1 unspecified atom stereocenters. The number of hydrogen-bond acceptors (Lipinski definition) is 2. The lowest BCUT2D eigenvalue weighted by atomic mass is 10.00. The van der Waals surface area contributed by atoms with E-state index in [1.54, 1.807) is 0 Å². The Morgan fingerprint density at radius 3 is 2.17 bits per heavy atom. The summed E-state index contributed by atoms with van der Waals surface area (Å²) in [5.74, 6) is 1.82. The molecule has 0 aliphatic carbocycles. The van der Waals surface area contributed by atoms with Gasteiger partial charge in [0.2, 0.25) is 0 Å². The molecule has 1 atom stereocenters. The largest absolute Gasteiger partial charge is 0.493 e. The molecule has 0 bridgehead atoms. The van der Waals surface area contributed by atoms with Gasteiger partial charge in [0.1, 0.15) is 11.5 Å². The number of para-hydroxylation sites is 1. The number of rotatable bonds is 10. The summed E-state index contributed by atoms with van der Waals surface area (Å²) in [6.07, 6.45) is 3.17. The van der Waals surface area contributed by atoms with Crippen molar-refractivity contribution in [2.75, 3.05) is 13.2 Å². The van der Waals surface area contributed by atoms with E-state index in [1.165, 1.54) is 5.56 Å². The van der Waals surface area contributed by atoms with Crippen molar-refractivity contribution in [3.8, 4) is 33.8 Å². The predicted molar refractivity (Wildman–Crippen MR) is 134 cm³/mol. The first-order chi connectivity index (χ1) is 14.6. The van der Waals surface area contributed by atoms with Gasteiger partial charge in [0.05, 0.1) is 17.7 Å². The minimum Gasteiger partial charge on any atom is -0.493 e. The van der Waals surface area contributed by atoms with Crippen molar-refractivity contribution < 1.29 is 9.47 Å². The molecule has 2 nitrogen and oxygen atoms in total. The average molecular weight is 532 g/mol. The summed E-state index contributed by atoms with van der Waals surface area (Å²) >= 11 is 7.22. The van der Waals surface area contributed by atoms with Gasteiger partial charge in [0.25, 0.3) is 0 Å². The number of unbranched alkanes of at least 4 members (excludes halogenated alkanes) is 1. The monoisotopic (exact) mass is 530 g/mol. The Balaban J connectivity index is 1.75. The molecule has 0 radical (unpaired) electrons. The molecule has 3 aromatic rings. The second-order valence-corrected chi connectivity index (χ2v) is 9.76. The van der Waals surface area contributed by atoms with Gasteiger partial charge in [0, 0.05) is 10.4 Å². The predicted octanol–water partition coefficient (Wildman–Crippen LogP) is 8.51. The Hall–Kier alpha value is -1.78. The SMILES string of the molecule is CCCCOc1ccc(-c2ccc(-c3ccccc3OCCC(C)Br)cc2)cc1Br. The average Bonchev–Trinajstić information content (AvgIpc) is 2.75. The molecular formula is C26H28Br2O2. The Morgan fingerprint density at radius 1 is 0.800 bits per heavy atom. The third-order valence-electron chi connectivity index (χ3n) is 4.88. The van der Waals surface area contributed by atoms with E-state index in [9.17, 15) is 0 Å². The maximum Gasteiger partial charge on any atom is 0.133 e. The molecule has 0 N–H and O–H groups in total. The lowest BCUT2D eigenvalue weighted by molar-refractivity contribution is 0.307. The summed E-state index contributed by atoms with van der Waals surface area (Å²) in [6, 6.07) is 23.1. The van der Waals surface area contributed by atoms with Crippen LogP contribution < -0.4 is 9.47 Å². The van der Waals surface area contributed by atoms with Crippen LogP contribution in [0.2, 0.25) is 0 Å². The van der Waals surface area contributed by atoms with Crippen molar-refractivity contribution in [3.63, 3.8) is 0 Å². The minimum absolute atomic E-state index is 0.451. The number of ether oxygens (including phenoxy) is 2. The lowest BCUT2D eigenvalue weighted by Crippen LogP contribution is -2.03. The summed E-state index contributed by atoms with van der Waals surface area (Å²) in [6.45, 7) is 5.75. The third kappa shape index (κ3) is 6.36. The summed E-state index contributed by atoms with van der Waals surface area (Å²) in [5.41, 5.74) is 4.60. The van der Waals surface area contributed by atoms with Crippen LogP contribution in [0.15, 0.2) is 71.2 Å². The van der Waals surface area contributed by atoms with Crippen LogP contribution in [0, 0.1) is 0 Å². The zero-order chi connectivity index (χ0) is 21.3. The molecule has 158 valence electrons. The molecule has 0 aliphatic heterocycles. The summed E-state index contributed by atoms with van der Waals surface area (Å²) in [4.78, 5) is 0.451. The molecule has 0 saturated heterocycles. The molecule has 30 heavy (non-hydrogen) atoms. The van der Waals surface area contributed by atoms with Crippen molar-refractivity contribution in [1.29, 1.82) is 0 Å². The van der Waals surface area contributed by atoms with E-state index in [4.69, 9.17) is 9.47 Å². The van der Waals surface area contributed by atoms with E-state index < -0.39 is 0 Å². The topological polar surface area (TPSA) is 18.5 Å². The van der Waals surface area contributed by atoms with Gasteiger partial charge in [-0.2, -0.15) is 0 Å². The van der Waals surface area contributed by atoms with Gasteiger partial charge in [-0.3, -0.25) is 0 Å². The van der Waals surface area contributed by atoms with Crippen LogP contribution in [0.3, 0.4) is 0 Å². The summed E-state index contributed by atoms with van der Waals surface area (Å²) in [5, 5.41) is 0. The smallest absolute Gasteiger partial charge is 0.133 e. The van der Waals surface area contributed by atoms with Gasteiger partial charge in [-0.15, -0.1) is 0 Å². The Bertz CT molecular complexity index is 936. The first-order valence-corrected chi connectivity index (χ1v) is 12.2. The Labute approximate surface area is 196 Å². The van der Waals surface area contributed by atoms with Crippen molar-refractivity contribution in [1.82, 2.24) is 0 Å². The van der Waals surface area contributed by atoms with E-state index >= 15 is 0 Å². The second kappa shape index (κ2) is 11.6. The van der Waals surface area contributed by atoms with E-state index in [2.05, 4.69) is 94.2 Å². The van der Waals surface area contributed by atoms with E-state index in [1.807, 2.05) is 18.2 Å². The van der Waals surface area contributed by atoms with Gasteiger partial charge >= 0.3 is 0 Å². The van der Waals surface area contributed by atoms with Crippen LogP contribution in [0.5, 0.6) is 11.5 Å². The van der Waals surface area contributed by atoms with E-state index in [0.717, 1.165) is 58.5 Å². The Morgan fingerprint density at radius 2 is 1.47 bits per heavy atom. The summed E-state index contributed by atoms with van der Waals surface area (Å²) < 4.78 is 12.9. The fourth-order valence-electron chi connectivity index (χ4n) is 3.13. The van der Waals surface area contributed by atoms with Gasteiger partial charge in [-0.25, -0.2) is 0 Å². The van der Waals surface area contributed by atoms with Crippen LogP contribution in [-0.4, -0.2) is 18.0 Å². The zero-order valence-corrected chi connectivity index (χ0v) is 20.7. The molecule has 4 heteroatoms. The number of benzene rings is 3. The fourth-order valence-corrected chi connectivity index (χ4v) is 3.81. The third-order valence-corrected chi connectivity index (χ3v) is 5.95. The van der Waals surface area contributed by atoms with E-state index in [-0.39, 0.29) is 0 Å². The minimum atomic E-state index is 0.451. The van der Waals surface area contributed by atoms with Gasteiger partial charge in [0.15, 0.2) is 0 Å². The molecule has 0 fully saturated rings. The van der Waals surface area contributed by atoms with Crippen LogP contribution in [0.4, 0.5) is 0 Å². The number of halogens is 2. The standard InChI is InChI=1S/C26H28Br2O2/c1-3-4-16-29-26-14-13-22(18-24(26)28)20-9-11-21(12-10-20)23-7-5-6-8-25(23)30-17-15-19(2)27/h5-14,18-19H,3-4,15-17H2,1-2H3. The van der Waals surface area contributed by atoms with Crippen LogP contribution in [0.1, 0.15) is 33.1 Å². The van der Waals surface area contributed by atoms with Crippen molar-refractivity contribution in [3.05, 3.63) is 71.2 Å². The molecule has 0 aromatic heterocycles. The first kappa shape index (κ1) is 22.9. The highest BCUT2D eigenvalue weighted by Crippen LogP contribution is 2.34. The van der Waals surface area contributed by atoms with Gasteiger partial charge < -0.3 is 9.47 Å². The van der Waals surface area contributed by atoms with Crippen LogP contribution in [-0.2, 0) is 0 Å². The highest BCUT2D eigenvalue weighted by molar-refractivity contribution is 9.10. The normalized spacial score (nSPS) is 11.9. The quantitative estimate of drug-likeness (QED) is 0.193. The number of alkyl halides is 1. The highest BCUT2D eigenvalue weighted by Gasteiger charge is 2.09. The van der Waals surface area contributed by atoms with Crippen LogP contribution >= 0.6 is 31.9 Å². The molecule has 3 rings (SSSR count). The first-order valence-electron chi connectivity index (χ1n) is 10.5. The van der Waals surface area contributed by atoms with Crippen molar-refractivity contribution in [2.45, 2.75) is 37.9 Å². The number of hydrogen-bond donors (Lipinski definition) is 0. The molecule has 0 saturated carbocycles. The highest BCUT2D eigenvalue weighted by atomic mass is 79.9. The molecule has 0 amide bonds. The van der Waals surface area contributed by atoms with Crippen LogP contribution in [0.25, 0.3) is 22.3 Å². The maximum atomic E-state index is 6.04. The van der Waals surface area contributed by atoms with Crippen molar-refractivity contribution >= 4 is 31.9 Å². The molecular weight excluding hydrogens is 504 g/mol. The van der Waals surface area contributed by atoms with Gasteiger partial charge in [-0.05, 0) is 63.7 Å². The van der Waals surface area contributed by atoms with Crippen molar-refractivity contribution in [2.24, 2.45) is 0 Å². The van der Waals surface area contributed by atoms with Gasteiger partial charge in [-0.1, -0.05) is 84.7 Å². The Kier molecular flexibility index (Phi) is 8.83. The lowest BCUT2D eigenvalue weighted by Gasteiger charge is -2.13. The molecule has 3 aromatic carbocycles. The van der Waals surface area contributed by atoms with E-state index in [0.29, 0.717) is 11.4 Å². The second-order valence-electron chi connectivity index (χ2n) is 7.34. The fraction of sp³-hybridized carbons (Fsp3) is 0.308. The summed E-state index contributed by atoms with van der Waals surface area (Å²) in [7, 11) is 0. The zero-order valence-electron chi connectivity index (χ0n) is 17.5. The molecule has 0 heterocycles. The molecule has 0 spiro atoms. The maximum absolute atomic E-state index is 6.04. The molecule has 0 aliphatic rings.